The lowest BCUT2D eigenvalue weighted by molar-refractivity contribution is 0.572. The van der Waals surface area contributed by atoms with E-state index in [-0.39, 0.29) is 0 Å². The first-order valence-corrected chi connectivity index (χ1v) is 3.79. The Morgan fingerprint density at radius 1 is 1.33 bits per heavy atom. The first-order chi connectivity index (χ1) is 5.74. The van der Waals surface area contributed by atoms with E-state index in [2.05, 4.69) is 6.58 Å². The lowest BCUT2D eigenvalue weighted by Gasteiger charge is -1.99. The highest BCUT2D eigenvalue weighted by Gasteiger charge is 2.01. The molecule has 0 aliphatic carbocycles. The fraction of sp³-hybridized carbons (Fsp3) is 0.200. The molecule has 0 aromatic heterocycles. The Labute approximate surface area is 70.5 Å². The maximum absolute atomic E-state index is 12.9. The smallest absolute Gasteiger partial charge is 0.129 e. The number of rotatable bonds is 3. The number of benzene rings is 1. The Morgan fingerprint density at radius 2 is 2.08 bits per heavy atom. The summed E-state index contributed by atoms with van der Waals surface area (Å²) >= 11 is 0. The van der Waals surface area contributed by atoms with Gasteiger partial charge in [-0.1, -0.05) is 12.1 Å². The fourth-order valence-corrected chi connectivity index (χ4v) is 0.982. The monoisotopic (exact) mass is 168 g/mol. The van der Waals surface area contributed by atoms with Crippen LogP contribution in [0.25, 0.3) is 0 Å². The van der Waals surface area contributed by atoms with Crippen molar-refractivity contribution < 1.29 is 8.78 Å². The van der Waals surface area contributed by atoms with E-state index in [1.807, 2.05) is 0 Å². The van der Waals surface area contributed by atoms with Gasteiger partial charge in [0.2, 0.25) is 0 Å². The number of halogens is 2. The molecule has 0 spiro atoms. The van der Waals surface area contributed by atoms with Crippen LogP contribution < -0.4 is 0 Å². The molecule has 0 aliphatic rings. The van der Waals surface area contributed by atoms with Crippen molar-refractivity contribution in [1.29, 1.82) is 0 Å². The summed E-state index contributed by atoms with van der Waals surface area (Å²) < 4.78 is 25.3. The lowest BCUT2D eigenvalue weighted by atomic mass is 10.1. The molecule has 0 bridgehead atoms. The van der Waals surface area contributed by atoms with Gasteiger partial charge < -0.3 is 0 Å². The summed E-state index contributed by atoms with van der Waals surface area (Å²) in [5.41, 5.74) is 0.538. The zero-order valence-electron chi connectivity index (χ0n) is 6.69. The molecule has 0 heterocycles. The molecule has 0 radical (unpaired) electrons. The van der Waals surface area contributed by atoms with Gasteiger partial charge in [0.25, 0.3) is 0 Å². The minimum absolute atomic E-state index is 0.475. The molecular formula is C10H10F2. The molecule has 0 atom stereocenters. The van der Waals surface area contributed by atoms with Gasteiger partial charge >= 0.3 is 0 Å². The second-order valence-corrected chi connectivity index (χ2v) is 2.56. The van der Waals surface area contributed by atoms with Gasteiger partial charge in [-0.05, 0) is 24.5 Å². The van der Waals surface area contributed by atoms with Crippen LogP contribution in [0.1, 0.15) is 12.0 Å². The second kappa shape index (κ2) is 4.00. The highest BCUT2D eigenvalue weighted by atomic mass is 19.1. The predicted octanol–water partition coefficient (Wildman–Crippen LogP) is 3.08. The van der Waals surface area contributed by atoms with Gasteiger partial charge in [0.1, 0.15) is 11.6 Å². The van der Waals surface area contributed by atoms with Crippen LogP contribution in [0.5, 0.6) is 0 Å². The van der Waals surface area contributed by atoms with Gasteiger partial charge in [0, 0.05) is 6.07 Å². The maximum atomic E-state index is 12.9. The Hall–Kier alpha value is -1.18. The first-order valence-electron chi connectivity index (χ1n) is 3.79. The third kappa shape index (κ3) is 2.16. The molecule has 1 aromatic rings. The Kier molecular flexibility index (Phi) is 2.97. The Morgan fingerprint density at radius 3 is 2.67 bits per heavy atom. The highest BCUT2D eigenvalue weighted by Crippen LogP contribution is 2.11. The van der Waals surface area contributed by atoms with E-state index < -0.39 is 11.6 Å². The van der Waals surface area contributed by atoms with Crippen LogP contribution in [0.2, 0.25) is 0 Å². The highest BCUT2D eigenvalue weighted by molar-refractivity contribution is 5.18. The van der Waals surface area contributed by atoms with E-state index in [1.165, 1.54) is 12.1 Å². The van der Waals surface area contributed by atoms with Crippen molar-refractivity contribution in [3.05, 3.63) is 48.1 Å². The summed E-state index contributed by atoms with van der Waals surface area (Å²) in [7, 11) is 0. The Balaban J connectivity index is 2.78. The summed E-state index contributed by atoms with van der Waals surface area (Å²) in [4.78, 5) is 0. The average molecular weight is 168 g/mol. The van der Waals surface area contributed by atoms with E-state index in [9.17, 15) is 8.78 Å². The maximum Gasteiger partial charge on any atom is 0.129 e. The van der Waals surface area contributed by atoms with Crippen molar-refractivity contribution in [1.82, 2.24) is 0 Å². The third-order valence-corrected chi connectivity index (χ3v) is 1.63. The van der Waals surface area contributed by atoms with E-state index in [4.69, 9.17) is 0 Å². The van der Waals surface area contributed by atoms with Gasteiger partial charge in [0.05, 0.1) is 0 Å². The summed E-state index contributed by atoms with van der Waals surface area (Å²) in [6, 6.07) is 3.63. The van der Waals surface area contributed by atoms with Crippen molar-refractivity contribution in [2.45, 2.75) is 12.8 Å². The van der Waals surface area contributed by atoms with Gasteiger partial charge in [0.15, 0.2) is 0 Å². The zero-order chi connectivity index (χ0) is 8.97. The van der Waals surface area contributed by atoms with Crippen LogP contribution in [0, 0.1) is 11.6 Å². The minimum Gasteiger partial charge on any atom is -0.207 e. The molecular weight excluding hydrogens is 158 g/mol. The summed E-state index contributed by atoms with van der Waals surface area (Å²) in [5, 5.41) is 0. The van der Waals surface area contributed by atoms with E-state index in [0.717, 1.165) is 6.07 Å². The number of hydrogen-bond acceptors (Lipinski definition) is 0. The molecule has 12 heavy (non-hydrogen) atoms. The largest absolute Gasteiger partial charge is 0.207 e. The van der Waals surface area contributed by atoms with E-state index >= 15 is 0 Å². The van der Waals surface area contributed by atoms with Gasteiger partial charge in [-0.25, -0.2) is 8.78 Å². The van der Waals surface area contributed by atoms with Gasteiger partial charge in [-0.2, -0.15) is 0 Å². The Bertz CT molecular complexity index is 279. The third-order valence-electron chi connectivity index (χ3n) is 1.63. The van der Waals surface area contributed by atoms with Crippen LogP contribution in [-0.2, 0) is 6.42 Å². The van der Waals surface area contributed by atoms with E-state index in [1.54, 1.807) is 6.08 Å². The van der Waals surface area contributed by atoms with Crippen molar-refractivity contribution in [2.24, 2.45) is 0 Å². The minimum atomic E-state index is -0.533. The molecule has 0 aliphatic heterocycles. The first kappa shape index (κ1) is 8.91. The average Bonchev–Trinajstić information content (AvgIpc) is 2.03. The molecule has 0 fully saturated rings. The molecule has 0 saturated heterocycles. The van der Waals surface area contributed by atoms with Crippen LogP contribution in [0.4, 0.5) is 8.78 Å². The van der Waals surface area contributed by atoms with Crippen LogP contribution in [0.15, 0.2) is 30.9 Å². The van der Waals surface area contributed by atoms with Crippen molar-refractivity contribution in [3.8, 4) is 0 Å². The molecule has 2 heteroatoms. The van der Waals surface area contributed by atoms with Crippen LogP contribution >= 0.6 is 0 Å². The fourth-order valence-electron chi connectivity index (χ4n) is 0.982. The summed E-state index contributed by atoms with van der Waals surface area (Å²) in [6.07, 6.45) is 3.00. The summed E-state index contributed by atoms with van der Waals surface area (Å²) in [5.74, 6) is -1.01. The quantitative estimate of drug-likeness (QED) is 0.608. The molecule has 0 amide bonds. The second-order valence-electron chi connectivity index (χ2n) is 2.56. The molecule has 1 rings (SSSR count). The van der Waals surface area contributed by atoms with Crippen LogP contribution in [0.3, 0.4) is 0 Å². The normalized spacial score (nSPS) is 9.83. The standard InChI is InChI=1S/C10H10F2/c1-2-3-4-8-5-6-9(11)7-10(8)12/h2,5-7H,1,3-4H2. The van der Waals surface area contributed by atoms with E-state index in [0.29, 0.717) is 18.4 Å². The van der Waals surface area contributed by atoms with Crippen molar-refractivity contribution >= 4 is 0 Å². The van der Waals surface area contributed by atoms with Crippen molar-refractivity contribution in [3.63, 3.8) is 0 Å². The van der Waals surface area contributed by atoms with Gasteiger partial charge in [-0.3, -0.25) is 0 Å². The van der Waals surface area contributed by atoms with Crippen LogP contribution in [-0.4, -0.2) is 0 Å². The molecule has 0 nitrogen and oxygen atoms in total. The summed E-state index contributed by atoms with van der Waals surface area (Å²) in [6.45, 7) is 3.53. The lowest BCUT2D eigenvalue weighted by Crippen LogP contribution is -1.90. The molecule has 0 N–H and O–H groups in total. The molecule has 1 aromatic carbocycles. The number of allylic oxidation sites excluding steroid dienone is 1. The van der Waals surface area contributed by atoms with Gasteiger partial charge in [-0.15, -0.1) is 6.58 Å². The van der Waals surface area contributed by atoms with Crippen molar-refractivity contribution in [2.75, 3.05) is 0 Å². The molecule has 64 valence electrons. The zero-order valence-corrected chi connectivity index (χ0v) is 6.69. The number of hydrogen-bond donors (Lipinski definition) is 0. The number of aryl methyl sites for hydroxylation is 1. The molecule has 0 unspecified atom stereocenters. The topological polar surface area (TPSA) is 0 Å². The molecule has 0 saturated carbocycles. The predicted molar refractivity (Wildman–Crippen MR) is 44.9 cm³/mol. The SMILES string of the molecule is C=CCCc1ccc(F)cc1F.